The summed E-state index contributed by atoms with van der Waals surface area (Å²) in [7, 11) is 0. The van der Waals surface area contributed by atoms with E-state index < -0.39 is 0 Å². The molecule has 4 heteroatoms. The molecule has 1 aromatic carbocycles. The lowest BCUT2D eigenvalue weighted by molar-refractivity contribution is -0.137. The van der Waals surface area contributed by atoms with Crippen LogP contribution < -0.4 is 0 Å². The standard InChI is InChI=1S/C25H36N2O2/c1-4-5-6-7-8-9-16-27-24(28)22(21-12-10-19(2)11-13-21)23(25(27)29)26-17-14-20(3)15-18-26/h10-13,20H,4-9,14-18H2,1-3H3. The SMILES string of the molecule is CCCCCCCCN1C(=O)C(c2ccc(C)cc2)=C(N2CCC(C)CC2)C1=O. The number of carbonyl (C=O) groups excluding carboxylic acids is 2. The molecule has 2 aliphatic rings. The summed E-state index contributed by atoms with van der Waals surface area (Å²) in [5, 5.41) is 0. The molecule has 0 bridgehead atoms. The van der Waals surface area contributed by atoms with Crippen molar-refractivity contribution in [3.63, 3.8) is 0 Å². The van der Waals surface area contributed by atoms with E-state index in [1.54, 1.807) is 0 Å². The topological polar surface area (TPSA) is 40.6 Å². The van der Waals surface area contributed by atoms with Gasteiger partial charge in [-0.25, -0.2) is 0 Å². The Balaban J connectivity index is 1.78. The van der Waals surface area contributed by atoms with Gasteiger partial charge in [-0.2, -0.15) is 0 Å². The van der Waals surface area contributed by atoms with E-state index in [4.69, 9.17) is 0 Å². The quantitative estimate of drug-likeness (QED) is 0.427. The number of benzene rings is 1. The molecule has 0 unspecified atom stereocenters. The molecule has 0 N–H and O–H groups in total. The van der Waals surface area contributed by atoms with Crippen LogP contribution in [0.5, 0.6) is 0 Å². The molecule has 0 aliphatic carbocycles. The molecule has 0 atom stereocenters. The first kappa shape index (κ1) is 21.6. The third-order valence-corrected chi connectivity index (χ3v) is 6.32. The number of likely N-dealkylation sites (tertiary alicyclic amines) is 1. The number of amides is 2. The van der Waals surface area contributed by atoms with Crippen molar-refractivity contribution < 1.29 is 9.59 Å². The van der Waals surface area contributed by atoms with E-state index >= 15 is 0 Å². The van der Waals surface area contributed by atoms with Gasteiger partial charge in [-0.15, -0.1) is 0 Å². The molecule has 2 amide bonds. The number of unbranched alkanes of at least 4 members (excludes halogenated alkanes) is 5. The molecule has 3 rings (SSSR count). The second kappa shape index (κ2) is 10.1. The molecule has 1 fully saturated rings. The van der Waals surface area contributed by atoms with Gasteiger partial charge in [-0.05, 0) is 37.7 Å². The van der Waals surface area contributed by atoms with Crippen LogP contribution in [0.1, 0.15) is 76.3 Å². The predicted octanol–water partition coefficient (Wildman–Crippen LogP) is 5.17. The number of hydrogen-bond acceptors (Lipinski definition) is 3. The summed E-state index contributed by atoms with van der Waals surface area (Å²) in [6.07, 6.45) is 9.03. The maximum Gasteiger partial charge on any atom is 0.277 e. The minimum Gasteiger partial charge on any atom is -0.366 e. The predicted molar refractivity (Wildman–Crippen MR) is 118 cm³/mol. The Morgan fingerprint density at radius 2 is 1.52 bits per heavy atom. The summed E-state index contributed by atoms with van der Waals surface area (Å²) in [6, 6.07) is 8.01. The van der Waals surface area contributed by atoms with Gasteiger partial charge in [0.15, 0.2) is 0 Å². The van der Waals surface area contributed by atoms with Crippen LogP contribution in [0.25, 0.3) is 5.57 Å². The van der Waals surface area contributed by atoms with Crippen LogP contribution >= 0.6 is 0 Å². The van der Waals surface area contributed by atoms with Crippen LogP contribution in [0, 0.1) is 12.8 Å². The number of piperidine rings is 1. The molecule has 0 aromatic heterocycles. The monoisotopic (exact) mass is 396 g/mol. The smallest absolute Gasteiger partial charge is 0.277 e. The summed E-state index contributed by atoms with van der Waals surface area (Å²) < 4.78 is 0. The zero-order valence-electron chi connectivity index (χ0n) is 18.4. The average molecular weight is 397 g/mol. The minimum atomic E-state index is -0.110. The number of rotatable bonds is 9. The van der Waals surface area contributed by atoms with E-state index in [9.17, 15) is 9.59 Å². The van der Waals surface area contributed by atoms with Gasteiger partial charge in [-0.1, -0.05) is 75.8 Å². The highest BCUT2D eigenvalue weighted by molar-refractivity contribution is 6.35. The van der Waals surface area contributed by atoms with Crippen LogP contribution in [0.4, 0.5) is 0 Å². The van der Waals surface area contributed by atoms with Crippen molar-refractivity contribution in [3.05, 3.63) is 41.1 Å². The summed E-state index contributed by atoms with van der Waals surface area (Å²) in [5.41, 5.74) is 3.27. The van der Waals surface area contributed by atoms with Gasteiger partial charge in [0, 0.05) is 19.6 Å². The van der Waals surface area contributed by atoms with Crippen LogP contribution in [-0.4, -0.2) is 41.2 Å². The average Bonchev–Trinajstić information content (AvgIpc) is 2.96. The number of aryl methyl sites for hydroxylation is 1. The van der Waals surface area contributed by atoms with Crippen molar-refractivity contribution in [2.45, 2.75) is 72.1 Å². The molecule has 0 spiro atoms. The fraction of sp³-hybridized carbons (Fsp3) is 0.600. The lowest BCUT2D eigenvalue weighted by Crippen LogP contribution is -2.38. The number of nitrogens with zero attached hydrogens (tertiary/aromatic N) is 2. The van der Waals surface area contributed by atoms with Gasteiger partial charge < -0.3 is 4.90 Å². The highest BCUT2D eigenvalue weighted by atomic mass is 16.2. The molecule has 29 heavy (non-hydrogen) atoms. The maximum atomic E-state index is 13.3. The fourth-order valence-electron chi connectivity index (χ4n) is 4.32. The van der Waals surface area contributed by atoms with Crippen LogP contribution in [-0.2, 0) is 9.59 Å². The van der Waals surface area contributed by atoms with Gasteiger partial charge in [0.05, 0.1) is 5.57 Å². The van der Waals surface area contributed by atoms with Crippen LogP contribution in [0.15, 0.2) is 30.0 Å². The number of carbonyl (C=O) groups is 2. The van der Waals surface area contributed by atoms with E-state index in [1.165, 1.54) is 30.6 Å². The molecule has 1 saturated heterocycles. The third-order valence-electron chi connectivity index (χ3n) is 6.32. The van der Waals surface area contributed by atoms with E-state index in [1.807, 2.05) is 31.2 Å². The molecular formula is C25H36N2O2. The summed E-state index contributed by atoms with van der Waals surface area (Å²) in [5.74, 6) is 0.482. The summed E-state index contributed by atoms with van der Waals surface area (Å²) in [4.78, 5) is 30.3. The largest absolute Gasteiger partial charge is 0.366 e. The zero-order chi connectivity index (χ0) is 20.8. The number of imide groups is 1. The molecule has 1 aromatic rings. The highest BCUT2D eigenvalue weighted by Crippen LogP contribution is 2.34. The Kier molecular flexibility index (Phi) is 7.51. The molecular weight excluding hydrogens is 360 g/mol. The van der Waals surface area contributed by atoms with Crippen LogP contribution in [0.3, 0.4) is 0 Å². The van der Waals surface area contributed by atoms with Gasteiger partial charge in [0.1, 0.15) is 5.70 Å². The Bertz CT molecular complexity index is 743. The Labute approximate surface area is 176 Å². The Morgan fingerprint density at radius 1 is 0.897 bits per heavy atom. The van der Waals surface area contributed by atoms with Crippen molar-refractivity contribution >= 4 is 17.4 Å². The zero-order valence-corrected chi connectivity index (χ0v) is 18.4. The molecule has 4 nitrogen and oxygen atoms in total. The molecule has 0 radical (unpaired) electrons. The number of hydrogen-bond donors (Lipinski definition) is 0. The summed E-state index contributed by atoms with van der Waals surface area (Å²) in [6.45, 7) is 8.76. The van der Waals surface area contributed by atoms with Gasteiger partial charge >= 0.3 is 0 Å². The van der Waals surface area contributed by atoms with Crippen molar-refractivity contribution in [1.82, 2.24) is 9.80 Å². The Hall–Kier alpha value is -2.10. The van der Waals surface area contributed by atoms with Crippen molar-refractivity contribution in [1.29, 1.82) is 0 Å². The first-order valence-corrected chi connectivity index (χ1v) is 11.5. The molecule has 0 saturated carbocycles. The second-order valence-corrected chi connectivity index (χ2v) is 8.79. The van der Waals surface area contributed by atoms with Crippen molar-refractivity contribution in [3.8, 4) is 0 Å². The normalized spacial score (nSPS) is 18.3. The van der Waals surface area contributed by atoms with Gasteiger partial charge in [-0.3, -0.25) is 14.5 Å². The maximum absolute atomic E-state index is 13.3. The fourth-order valence-corrected chi connectivity index (χ4v) is 4.32. The van der Waals surface area contributed by atoms with Crippen molar-refractivity contribution in [2.24, 2.45) is 5.92 Å². The van der Waals surface area contributed by atoms with Crippen LogP contribution in [0.2, 0.25) is 0 Å². The van der Waals surface area contributed by atoms with Gasteiger partial charge in [0.2, 0.25) is 0 Å². The van der Waals surface area contributed by atoms with Crippen molar-refractivity contribution in [2.75, 3.05) is 19.6 Å². The lowest BCUT2D eigenvalue weighted by Gasteiger charge is -2.32. The third kappa shape index (κ3) is 5.09. The van der Waals surface area contributed by atoms with Gasteiger partial charge in [0.25, 0.3) is 11.8 Å². The first-order valence-electron chi connectivity index (χ1n) is 11.5. The minimum absolute atomic E-state index is 0.0892. The first-order chi connectivity index (χ1) is 14.0. The van der Waals surface area contributed by atoms with E-state index in [0.29, 0.717) is 23.7 Å². The summed E-state index contributed by atoms with van der Waals surface area (Å²) >= 11 is 0. The molecule has 2 heterocycles. The molecule has 158 valence electrons. The lowest BCUT2D eigenvalue weighted by atomic mass is 9.97. The van der Waals surface area contributed by atoms with E-state index in [2.05, 4.69) is 18.7 Å². The van der Waals surface area contributed by atoms with E-state index in [-0.39, 0.29) is 11.8 Å². The Morgan fingerprint density at radius 3 is 2.17 bits per heavy atom. The molecule has 2 aliphatic heterocycles. The second-order valence-electron chi connectivity index (χ2n) is 8.79. The highest BCUT2D eigenvalue weighted by Gasteiger charge is 2.41. The van der Waals surface area contributed by atoms with E-state index in [0.717, 1.165) is 49.9 Å².